The molecule has 0 spiro atoms. The summed E-state index contributed by atoms with van der Waals surface area (Å²) in [6, 6.07) is 14.6. The fourth-order valence-electron chi connectivity index (χ4n) is 3.73. The molecular formula is C24H34N4O3. The molecular weight excluding hydrogens is 392 g/mol. The van der Waals surface area contributed by atoms with Gasteiger partial charge in [-0.05, 0) is 31.5 Å². The molecule has 1 atom stereocenters. The average Bonchev–Trinajstić information content (AvgIpc) is 2.80. The molecule has 1 aliphatic rings. The van der Waals surface area contributed by atoms with Gasteiger partial charge in [-0.2, -0.15) is 0 Å². The number of guanidine groups is 1. The van der Waals surface area contributed by atoms with Crippen molar-refractivity contribution in [3.8, 4) is 11.5 Å². The first-order valence-electron chi connectivity index (χ1n) is 10.8. The summed E-state index contributed by atoms with van der Waals surface area (Å²) in [5.41, 5.74) is 3.43. The largest absolute Gasteiger partial charge is 0.493 e. The Labute approximate surface area is 185 Å². The second-order valence-corrected chi connectivity index (χ2v) is 7.49. The van der Waals surface area contributed by atoms with Gasteiger partial charge in [0.25, 0.3) is 0 Å². The Morgan fingerprint density at radius 3 is 2.55 bits per heavy atom. The number of ether oxygens (including phenoxy) is 3. The molecule has 1 unspecified atom stereocenters. The molecule has 2 aromatic rings. The first-order valence-corrected chi connectivity index (χ1v) is 10.8. The van der Waals surface area contributed by atoms with Gasteiger partial charge in [-0.15, -0.1) is 0 Å². The quantitative estimate of drug-likeness (QED) is 0.498. The van der Waals surface area contributed by atoms with Crippen LogP contribution in [0.25, 0.3) is 0 Å². The highest BCUT2D eigenvalue weighted by Crippen LogP contribution is 2.30. The normalized spacial score (nSPS) is 15.9. The first kappa shape index (κ1) is 22.9. The van der Waals surface area contributed by atoms with Gasteiger partial charge in [-0.25, -0.2) is 0 Å². The Morgan fingerprint density at radius 2 is 1.87 bits per heavy atom. The number of hydrogen-bond acceptors (Lipinski definition) is 5. The topological polar surface area (TPSA) is 67.4 Å². The maximum atomic E-state index is 5.57. The third kappa shape index (κ3) is 6.35. The van der Waals surface area contributed by atoms with Crippen LogP contribution < -0.4 is 20.1 Å². The number of hydrogen-bond donors (Lipinski definition) is 2. The lowest BCUT2D eigenvalue weighted by Gasteiger charge is -2.34. The Hall–Kier alpha value is -2.77. The summed E-state index contributed by atoms with van der Waals surface area (Å²) in [4.78, 5) is 7.39. The predicted molar refractivity (Wildman–Crippen MR) is 125 cm³/mol. The number of aryl methyl sites for hydroxylation is 1. The van der Waals surface area contributed by atoms with Gasteiger partial charge in [0.05, 0.1) is 40.0 Å². The summed E-state index contributed by atoms with van der Waals surface area (Å²) in [5, 5.41) is 6.73. The molecule has 0 amide bonds. The van der Waals surface area contributed by atoms with Crippen molar-refractivity contribution in [3.05, 3.63) is 53.6 Å². The minimum absolute atomic E-state index is 0.199. The molecule has 0 radical (unpaired) electrons. The van der Waals surface area contributed by atoms with E-state index >= 15 is 0 Å². The Morgan fingerprint density at radius 1 is 1.10 bits per heavy atom. The molecule has 0 aromatic heterocycles. The van der Waals surface area contributed by atoms with Crippen LogP contribution in [0.3, 0.4) is 0 Å². The van der Waals surface area contributed by atoms with Crippen molar-refractivity contribution in [2.24, 2.45) is 4.99 Å². The highest BCUT2D eigenvalue weighted by Gasteiger charge is 2.22. The van der Waals surface area contributed by atoms with E-state index in [0.717, 1.165) is 44.5 Å². The van der Waals surface area contributed by atoms with Gasteiger partial charge in [-0.1, -0.05) is 29.8 Å². The van der Waals surface area contributed by atoms with E-state index in [-0.39, 0.29) is 6.04 Å². The molecule has 31 heavy (non-hydrogen) atoms. The lowest BCUT2D eigenvalue weighted by Crippen LogP contribution is -2.41. The molecule has 0 saturated carbocycles. The molecule has 2 N–H and O–H groups in total. The average molecular weight is 427 g/mol. The van der Waals surface area contributed by atoms with Crippen molar-refractivity contribution in [1.82, 2.24) is 10.2 Å². The fourth-order valence-corrected chi connectivity index (χ4v) is 3.73. The SMILES string of the molecule is CCNC(=NCC(c1cccc(C)c1)N1CCOCC1)Nc1ccc(OC)c(OC)c1. The van der Waals surface area contributed by atoms with Crippen LogP contribution in [0, 0.1) is 6.92 Å². The maximum Gasteiger partial charge on any atom is 0.195 e. The van der Waals surface area contributed by atoms with Crippen molar-refractivity contribution >= 4 is 11.6 Å². The Bertz CT molecular complexity index is 866. The molecule has 168 valence electrons. The van der Waals surface area contributed by atoms with Gasteiger partial charge in [0.1, 0.15) is 0 Å². The van der Waals surface area contributed by atoms with E-state index in [9.17, 15) is 0 Å². The lowest BCUT2D eigenvalue weighted by molar-refractivity contribution is 0.0180. The van der Waals surface area contributed by atoms with Crippen LogP contribution in [-0.4, -0.2) is 64.5 Å². The van der Waals surface area contributed by atoms with Crippen molar-refractivity contribution in [2.75, 3.05) is 58.9 Å². The number of methoxy groups -OCH3 is 2. The second-order valence-electron chi connectivity index (χ2n) is 7.49. The van der Waals surface area contributed by atoms with E-state index in [1.54, 1.807) is 14.2 Å². The summed E-state index contributed by atoms with van der Waals surface area (Å²) in [5.74, 6) is 2.11. The molecule has 2 aromatic carbocycles. The standard InChI is InChI=1S/C24H34N4O3/c1-5-25-24(27-20-9-10-22(29-3)23(16-20)30-4)26-17-21(28-11-13-31-14-12-28)19-8-6-7-18(2)15-19/h6-10,15-16,21H,5,11-14,17H2,1-4H3,(H2,25,26,27). The smallest absolute Gasteiger partial charge is 0.195 e. The van der Waals surface area contributed by atoms with Crippen LogP contribution >= 0.6 is 0 Å². The number of aliphatic imine (C=N–C) groups is 1. The number of benzene rings is 2. The van der Waals surface area contributed by atoms with Gasteiger partial charge in [0, 0.05) is 31.4 Å². The van der Waals surface area contributed by atoms with Crippen LogP contribution in [0.1, 0.15) is 24.1 Å². The minimum Gasteiger partial charge on any atom is -0.493 e. The van der Waals surface area contributed by atoms with Gasteiger partial charge in [0.2, 0.25) is 0 Å². The van der Waals surface area contributed by atoms with Crippen LogP contribution in [0.5, 0.6) is 11.5 Å². The van der Waals surface area contributed by atoms with Crippen molar-refractivity contribution < 1.29 is 14.2 Å². The number of morpholine rings is 1. The molecule has 1 heterocycles. The highest BCUT2D eigenvalue weighted by atomic mass is 16.5. The minimum atomic E-state index is 0.199. The van der Waals surface area contributed by atoms with Gasteiger partial charge in [-0.3, -0.25) is 9.89 Å². The summed E-state index contributed by atoms with van der Waals surface area (Å²) >= 11 is 0. The molecule has 0 aliphatic carbocycles. The lowest BCUT2D eigenvalue weighted by atomic mass is 10.0. The zero-order chi connectivity index (χ0) is 22.1. The third-order valence-electron chi connectivity index (χ3n) is 5.33. The Balaban J connectivity index is 1.81. The van der Waals surface area contributed by atoms with E-state index < -0.39 is 0 Å². The van der Waals surface area contributed by atoms with Crippen LogP contribution in [0.2, 0.25) is 0 Å². The predicted octanol–water partition coefficient (Wildman–Crippen LogP) is 3.46. The molecule has 1 fully saturated rings. The summed E-state index contributed by atoms with van der Waals surface area (Å²) in [6.45, 7) is 8.95. The first-order chi connectivity index (χ1) is 15.1. The van der Waals surface area contributed by atoms with Crippen LogP contribution in [-0.2, 0) is 4.74 Å². The third-order valence-corrected chi connectivity index (χ3v) is 5.33. The van der Waals surface area contributed by atoms with E-state index in [4.69, 9.17) is 19.2 Å². The molecule has 1 aliphatic heterocycles. The zero-order valence-corrected chi connectivity index (χ0v) is 19.0. The molecule has 7 heteroatoms. The summed E-state index contributed by atoms with van der Waals surface area (Å²) in [6.07, 6.45) is 0. The number of nitrogens with zero attached hydrogens (tertiary/aromatic N) is 2. The number of rotatable bonds is 8. The Kier molecular flexibility index (Phi) is 8.55. The van der Waals surface area contributed by atoms with E-state index in [2.05, 4.69) is 53.6 Å². The second kappa shape index (κ2) is 11.6. The van der Waals surface area contributed by atoms with Crippen molar-refractivity contribution in [1.29, 1.82) is 0 Å². The van der Waals surface area contributed by atoms with E-state index in [1.807, 2.05) is 18.2 Å². The van der Waals surface area contributed by atoms with Gasteiger partial charge < -0.3 is 24.8 Å². The summed E-state index contributed by atoms with van der Waals surface area (Å²) < 4.78 is 16.3. The monoisotopic (exact) mass is 426 g/mol. The van der Waals surface area contributed by atoms with E-state index in [1.165, 1.54) is 11.1 Å². The van der Waals surface area contributed by atoms with E-state index in [0.29, 0.717) is 18.0 Å². The van der Waals surface area contributed by atoms with Crippen molar-refractivity contribution in [2.45, 2.75) is 19.9 Å². The van der Waals surface area contributed by atoms with Crippen molar-refractivity contribution in [3.63, 3.8) is 0 Å². The fraction of sp³-hybridized carbons (Fsp3) is 0.458. The maximum absolute atomic E-state index is 5.57. The molecule has 7 nitrogen and oxygen atoms in total. The number of anilines is 1. The zero-order valence-electron chi connectivity index (χ0n) is 19.0. The number of nitrogens with one attached hydrogen (secondary N) is 2. The van der Waals surface area contributed by atoms with Gasteiger partial charge >= 0.3 is 0 Å². The molecule has 0 bridgehead atoms. The van der Waals surface area contributed by atoms with Gasteiger partial charge in [0.15, 0.2) is 17.5 Å². The molecule has 1 saturated heterocycles. The highest BCUT2D eigenvalue weighted by molar-refractivity contribution is 5.94. The van der Waals surface area contributed by atoms with Crippen LogP contribution in [0.15, 0.2) is 47.5 Å². The van der Waals surface area contributed by atoms with Crippen LogP contribution in [0.4, 0.5) is 5.69 Å². The summed E-state index contributed by atoms with van der Waals surface area (Å²) in [7, 11) is 3.27. The molecule has 3 rings (SSSR count).